The molecule has 32 heavy (non-hydrogen) atoms. The van der Waals surface area contributed by atoms with Gasteiger partial charge in [0.25, 0.3) is 0 Å². The number of aryl methyl sites for hydroxylation is 1. The van der Waals surface area contributed by atoms with Crippen molar-refractivity contribution in [1.29, 1.82) is 0 Å². The maximum atomic E-state index is 13.3. The molecule has 3 heterocycles. The quantitative estimate of drug-likeness (QED) is 0.740. The summed E-state index contributed by atoms with van der Waals surface area (Å²) >= 11 is 0. The highest BCUT2D eigenvalue weighted by Crippen LogP contribution is 2.26. The molecule has 1 aliphatic carbocycles. The molecule has 7 heteroatoms. The van der Waals surface area contributed by atoms with E-state index in [1.165, 1.54) is 19.3 Å². The number of nitrogens with one attached hydrogen (secondary N) is 1. The van der Waals surface area contributed by atoms with E-state index >= 15 is 0 Å². The SMILES string of the molecule is Cc1nc2c(c(Nc3ccccn3)n1)CCN(CC(=O)N(C(C)C)C1CCCCC1)CC2. The number of carbonyl (C=O) groups excluding carboxylic acids is 1. The molecule has 0 saturated heterocycles. The zero-order valence-electron chi connectivity index (χ0n) is 19.7. The molecule has 0 radical (unpaired) electrons. The van der Waals surface area contributed by atoms with Crippen molar-refractivity contribution in [3.05, 3.63) is 41.5 Å². The molecule has 0 atom stereocenters. The number of hydrogen-bond acceptors (Lipinski definition) is 6. The fraction of sp³-hybridized carbons (Fsp3) is 0.600. The lowest BCUT2D eigenvalue weighted by molar-refractivity contribution is -0.137. The molecule has 0 aromatic carbocycles. The molecule has 1 N–H and O–H groups in total. The number of carbonyl (C=O) groups is 1. The summed E-state index contributed by atoms with van der Waals surface area (Å²) in [5.41, 5.74) is 2.23. The monoisotopic (exact) mass is 436 g/mol. The fourth-order valence-electron chi connectivity index (χ4n) is 5.13. The van der Waals surface area contributed by atoms with Gasteiger partial charge in [-0.15, -0.1) is 0 Å². The van der Waals surface area contributed by atoms with Crippen LogP contribution in [-0.4, -0.2) is 62.4 Å². The highest BCUT2D eigenvalue weighted by atomic mass is 16.2. The summed E-state index contributed by atoms with van der Waals surface area (Å²) < 4.78 is 0. The number of nitrogens with zero attached hydrogens (tertiary/aromatic N) is 5. The van der Waals surface area contributed by atoms with Crippen molar-refractivity contribution in [3.63, 3.8) is 0 Å². The summed E-state index contributed by atoms with van der Waals surface area (Å²) in [7, 11) is 0. The third-order valence-electron chi connectivity index (χ3n) is 6.63. The first-order chi connectivity index (χ1) is 15.5. The number of aromatic nitrogens is 3. The zero-order valence-corrected chi connectivity index (χ0v) is 19.7. The smallest absolute Gasteiger partial charge is 0.237 e. The van der Waals surface area contributed by atoms with Crippen molar-refractivity contribution in [2.24, 2.45) is 0 Å². The van der Waals surface area contributed by atoms with E-state index in [-0.39, 0.29) is 11.9 Å². The molecule has 2 aliphatic rings. The predicted octanol–water partition coefficient (Wildman–Crippen LogP) is 3.89. The van der Waals surface area contributed by atoms with Crippen LogP contribution in [-0.2, 0) is 17.6 Å². The standard InChI is InChI=1S/C25H36N6O/c1-18(2)31(20-9-5-4-6-10-20)24(32)17-30-15-12-21-22(13-16-30)27-19(3)28-25(21)29-23-11-7-8-14-26-23/h7-8,11,14,18,20H,4-6,9-10,12-13,15-17H2,1-3H3,(H,26,27,28,29). The molecular weight excluding hydrogens is 400 g/mol. The van der Waals surface area contributed by atoms with Crippen LogP contribution in [0.4, 0.5) is 11.6 Å². The maximum absolute atomic E-state index is 13.3. The highest BCUT2D eigenvalue weighted by Gasteiger charge is 2.29. The van der Waals surface area contributed by atoms with Crippen molar-refractivity contribution in [1.82, 2.24) is 24.8 Å². The van der Waals surface area contributed by atoms with Gasteiger partial charge >= 0.3 is 0 Å². The number of hydrogen-bond donors (Lipinski definition) is 1. The number of fused-ring (bicyclic) bond motifs is 1. The summed E-state index contributed by atoms with van der Waals surface area (Å²) in [6, 6.07) is 6.46. The van der Waals surface area contributed by atoms with Gasteiger partial charge in [-0.1, -0.05) is 25.3 Å². The predicted molar refractivity (Wildman–Crippen MR) is 127 cm³/mol. The Balaban J connectivity index is 1.45. The van der Waals surface area contributed by atoms with E-state index in [1.54, 1.807) is 6.20 Å². The normalized spacial score (nSPS) is 17.6. The Morgan fingerprint density at radius 3 is 2.66 bits per heavy atom. The molecule has 4 rings (SSSR count). The number of anilines is 2. The molecular formula is C25H36N6O. The lowest BCUT2D eigenvalue weighted by Gasteiger charge is -2.38. The van der Waals surface area contributed by atoms with Gasteiger partial charge in [0, 0.05) is 43.4 Å². The van der Waals surface area contributed by atoms with E-state index in [1.807, 2.05) is 25.1 Å². The number of amides is 1. The van der Waals surface area contributed by atoms with Gasteiger partial charge in [0.15, 0.2) is 0 Å². The van der Waals surface area contributed by atoms with Crippen molar-refractivity contribution in [2.75, 3.05) is 25.0 Å². The number of pyridine rings is 1. The van der Waals surface area contributed by atoms with Gasteiger partial charge in [-0.05, 0) is 52.2 Å². The van der Waals surface area contributed by atoms with Crippen LogP contribution in [0.15, 0.2) is 24.4 Å². The largest absolute Gasteiger partial charge is 0.336 e. The Labute approximate surface area is 191 Å². The molecule has 172 valence electrons. The molecule has 1 aliphatic heterocycles. The Hall–Kier alpha value is -2.54. The molecule has 1 fully saturated rings. The molecule has 7 nitrogen and oxygen atoms in total. The van der Waals surface area contributed by atoms with Crippen LogP contribution in [0.25, 0.3) is 0 Å². The van der Waals surface area contributed by atoms with Gasteiger partial charge in [-0.3, -0.25) is 9.69 Å². The fourth-order valence-corrected chi connectivity index (χ4v) is 5.13. The minimum atomic E-state index is 0.248. The lowest BCUT2D eigenvalue weighted by atomic mass is 9.93. The molecule has 1 amide bonds. The van der Waals surface area contributed by atoms with Crippen LogP contribution in [0.3, 0.4) is 0 Å². The molecule has 0 bridgehead atoms. The first kappa shape index (κ1) is 22.6. The van der Waals surface area contributed by atoms with Crippen LogP contribution >= 0.6 is 0 Å². The van der Waals surface area contributed by atoms with Crippen LogP contribution in [0.1, 0.15) is 63.0 Å². The number of rotatable bonds is 6. The van der Waals surface area contributed by atoms with Gasteiger partial charge in [-0.25, -0.2) is 15.0 Å². The topological polar surface area (TPSA) is 74.2 Å². The third-order valence-corrected chi connectivity index (χ3v) is 6.63. The summed E-state index contributed by atoms with van der Waals surface area (Å²) in [5.74, 6) is 2.65. The Morgan fingerprint density at radius 1 is 1.16 bits per heavy atom. The van der Waals surface area contributed by atoms with E-state index in [0.717, 1.165) is 67.5 Å². The van der Waals surface area contributed by atoms with Crippen molar-refractivity contribution < 1.29 is 4.79 Å². The second kappa shape index (κ2) is 10.4. The molecule has 0 spiro atoms. The van der Waals surface area contributed by atoms with Crippen molar-refractivity contribution >= 4 is 17.5 Å². The van der Waals surface area contributed by atoms with Crippen LogP contribution in [0.2, 0.25) is 0 Å². The van der Waals surface area contributed by atoms with E-state index in [0.29, 0.717) is 12.6 Å². The zero-order chi connectivity index (χ0) is 22.5. The van der Waals surface area contributed by atoms with Gasteiger partial charge in [-0.2, -0.15) is 0 Å². The van der Waals surface area contributed by atoms with Crippen LogP contribution in [0.5, 0.6) is 0 Å². The van der Waals surface area contributed by atoms with Gasteiger partial charge in [0.1, 0.15) is 17.5 Å². The maximum Gasteiger partial charge on any atom is 0.237 e. The Kier molecular flexibility index (Phi) is 7.35. The minimum absolute atomic E-state index is 0.248. The van der Waals surface area contributed by atoms with Gasteiger partial charge in [0.2, 0.25) is 5.91 Å². The molecule has 0 unspecified atom stereocenters. The summed E-state index contributed by atoms with van der Waals surface area (Å²) in [6.45, 7) is 8.39. The Morgan fingerprint density at radius 2 is 1.94 bits per heavy atom. The van der Waals surface area contributed by atoms with Crippen molar-refractivity contribution in [2.45, 2.75) is 77.8 Å². The minimum Gasteiger partial charge on any atom is -0.336 e. The summed E-state index contributed by atoms with van der Waals surface area (Å²) in [5, 5.41) is 3.38. The summed E-state index contributed by atoms with van der Waals surface area (Å²) in [4.78, 5) is 31.6. The average Bonchev–Trinajstić information content (AvgIpc) is 2.97. The molecule has 2 aromatic rings. The van der Waals surface area contributed by atoms with E-state index in [2.05, 4.69) is 38.9 Å². The second-order valence-corrected chi connectivity index (χ2v) is 9.35. The van der Waals surface area contributed by atoms with E-state index in [9.17, 15) is 4.79 Å². The second-order valence-electron chi connectivity index (χ2n) is 9.35. The molecule has 1 saturated carbocycles. The van der Waals surface area contributed by atoms with Crippen molar-refractivity contribution in [3.8, 4) is 0 Å². The first-order valence-electron chi connectivity index (χ1n) is 12.1. The van der Waals surface area contributed by atoms with Crippen LogP contribution in [0, 0.1) is 6.92 Å². The highest BCUT2D eigenvalue weighted by molar-refractivity contribution is 5.79. The van der Waals surface area contributed by atoms with E-state index < -0.39 is 0 Å². The average molecular weight is 437 g/mol. The van der Waals surface area contributed by atoms with Crippen LogP contribution < -0.4 is 5.32 Å². The van der Waals surface area contributed by atoms with E-state index in [4.69, 9.17) is 4.98 Å². The third kappa shape index (κ3) is 5.44. The van der Waals surface area contributed by atoms with Gasteiger partial charge in [0.05, 0.1) is 12.2 Å². The lowest BCUT2D eigenvalue weighted by Crippen LogP contribution is -2.50. The Bertz CT molecular complexity index is 910. The van der Waals surface area contributed by atoms with Gasteiger partial charge < -0.3 is 10.2 Å². The first-order valence-corrected chi connectivity index (χ1v) is 12.1. The molecule has 2 aromatic heterocycles. The summed E-state index contributed by atoms with van der Waals surface area (Å²) in [6.07, 6.45) is 9.50.